The summed E-state index contributed by atoms with van der Waals surface area (Å²) in [6, 6.07) is 13.6. The zero-order valence-corrected chi connectivity index (χ0v) is 22.0. The van der Waals surface area contributed by atoms with E-state index in [-0.39, 0.29) is 11.3 Å². The summed E-state index contributed by atoms with van der Waals surface area (Å²) in [5.74, 6) is -0.214. The van der Waals surface area contributed by atoms with Crippen molar-refractivity contribution >= 4 is 17.4 Å². The minimum absolute atomic E-state index is 0.0740. The van der Waals surface area contributed by atoms with Crippen LogP contribution < -0.4 is 9.47 Å². The molecule has 200 valence electrons. The highest BCUT2D eigenvalue weighted by molar-refractivity contribution is 6.46. The highest BCUT2D eigenvalue weighted by atomic mass is 16.5. The molecule has 3 aromatic rings. The minimum Gasteiger partial charge on any atom is -0.507 e. The van der Waals surface area contributed by atoms with Crippen molar-refractivity contribution in [2.45, 2.75) is 52.1 Å². The number of Topliss-reactive ketones (excluding diaryl/α,β-unsaturated/α-hetero) is 1. The molecule has 0 radical (unpaired) electrons. The molecule has 4 rings (SSSR count). The molecule has 0 saturated carbocycles. The van der Waals surface area contributed by atoms with Crippen LogP contribution in [-0.4, -0.2) is 51.0 Å². The Labute approximate surface area is 223 Å². The van der Waals surface area contributed by atoms with Gasteiger partial charge in [-0.25, -0.2) is 4.98 Å². The molecule has 1 aliphatic heterocycles. The number of benzene rings is 2. The number of likely N-dealkylation sites (tertiary alicyclic amines) is 1. The second kappa shape index (κ2) is 12.9. The summed E-state index contributed by atoms with van der Waals surface area (Å²) in [5, 5.41) is 11.4. The summed E-state index contributed by atoms with van der Waals surface area (Å²) in [4.78, 5) is 32.2. The Morgan fingerprint density at radius 3 is 2.45 bits per heavy atom. The first-order chi connectivity index (χ1) is 18.5. The van der Waals surface area contributed by atoms with Gasteiger partial charge >= 0.3 is 0 Å². The van der Waals surface area contributed by atoms with Crippen LogP contribution in [0.5, 0.6) is 11.5 Å². The molecule has 1 fully saturated rings. The number of aryl methyl sites for hydroxylation is 1. The highest BCUT2D eigenvalue weighted by Gasteiger charge is 2.45. The van der Waals surface area contributed by atoms with Gasteiger partial charge in [-0.1, -0.05) is 44.5 Å². The monoisotopic (exact) mass is 517 g/mol. The third kappa shape index (κ3) is 6.25. The molecule has 1 atom stereocenters. The lowest BCUT2D eigenvalue weighted by Gasteiger charge is -2.25. The normalized spacial score (nSPS) is 16.7. The third-order valence-corrected chi connectivity index (χ3v) is 6.46. The van der Waals surface area contributed by atoms with Crippen LogP contribution in [0, 0.1) is 0 Å². The van der Waals surface area contributed by atoms with Gasteiger partial charge < -0.3 is 24.0 Å². The Hall–Kier alpha value is -4.07. The molecule has 8 heteroatoms. The van der Waals surface area contributed by atoms with E-state index >= 15 is 0 Å². The van der Waals surface area contributed by atoms with Crippen molar-refractivity contribution in [2.24, 2.45) is 0 Å². The van der Waals surface area contributed by atoms with Gasteiger partial charge in [-0.05, 0) is 49.1 Å². The number of nitrogens with zero attached hydrogens (tertiary/aromatic N) is 3. The Kier molecular flexibility index (Phi) is 9.19. The van der Waals surface area contributed by atoms with E-state index in [9.17, 15) is 14.7 Å². The number of hydrogen-bond donors (Lipinski definition) is 1. The van der Waals surface area contributed by atoms with Crippen molar-refractivity contribution in [3.63, 3.8) is 0 Å². The average molecular weight is 518 g/mol. The number of ether oxygens (including phenoxy) is 2. The van der Waals surface area contributed by atoms with E-state index < -0.39 is 17.7 Å². The van der Waals surface area contributed by atoms with Crippen LogP contribution in [0.25, 0.3) is 5.76 Å². The number of aliphatic hydroxyl groups excluding tert-OH is 1. The van der Waals surface area contributed by atoms with E-state index in [0.717, 1.165) is 30.6 Å². The molecule has 1 unspecified atom stereocenters. The van der Waals surface area contributed by atoms with E-state index in [0.29, 0.717) is 44.0 Å². The first kappa shape index (κ1) is 27.0. The van der Waals surface area contributed by atoms with E-state index in [1.54, 1.807) is 41.7 Å². The van der Waals surface area contributed by atoms with Gasteiger partial charge in [0.2, 0.25) is 0 Å². The lowest BCUT2D eigenvalue weighted by atomic mass is 9.95. The van der Waals surface area contributed by atoms with E-state index in [1.165, 1.54) is 0 Å². The zero-order chi connectivity index (χ0) is 26.9. The molecule has 2 heterocycles. The summed E-state index contributed by atoms with van der Waals surface area (Å²) < 4.78 is 13.4. The number of carbonyl (C=O) groups excluding carboxylic acids is 2. The van der Waals surface area contributed by atoms with Gasteiger partial charge in [-0.3, -0.25) is 9.59 Å². The number of aromatic nitrogens is 2. The van der Waals surface area contributed by atoms with Crippen molar-refractivity contribution in [2.75, 3.05) is 19.8 Å². The number of imidazole rings is 1. The quantitative estimate of drug-likeness (QED) is 0.142. The van der Waals surface area contributed by atoms with Gasteiger partial charge in [-0.15, -0.1) is 0 Å². The second-order valence-electron chi connectivity index (χ2n) is 9.29. The molecule has 0 bridgehead atoms. The number of rotatable bonds is 13. The van der Waals surface area contributed by atoms with Crippen LogP contribution >= 0.6 is 0 Å². The minimum atomic E-state index is -0.720. The number of aliphatic hydroxyl groups is 1. The van der Waals surface area contributed by atoms with Crippen molar-refractivity contribution < 1.29 is 24.2 Å². The average Bonchev–Trinajstić information content (AvgIpc) is 3.54. The lowest BCUT2D eigenvalue weighted by Crippen LogP contribution is -2.31. The second-order valence-corrected chi connectivity index (χ2v) is 9.29. The molecule has 1 aromatic heterocycles. The van der Waals surface area contributed by atoms with Crippen LogP contribution in [0.3, 0.4) is 0 Å². The number of ketones is 1. The standard InChI is InChI=1S/C30H35N3O5/c1-3-5-19-38-24-12-10-22(11-13-24)27-26(28(34)23-8-6-9-25(20-23)37-18-4-2)29(35)30(36)33(27)16-7-15-32-17-14-31-21-32/h6,8-14,17,20-21,27,34H,3-5,7,15-16,18-19H2,1-2H3/b28-26+. The van der Waals surface area contributed by atoms with Gasteiger partial charge in [0, 0.05) is 31.0 Å². The first-order valence-corrected chi connectivity index (χ1v) is 13.2. The molecular weight excluding hydrogens is 482 g/mol. The Morgan fingerprint density at radius 1 is 0.947 bits per heavy atom. The molecule has 0 spiro atoms. The maximum Gasteiger partial charge on any atom is 0.295 e. The predicted molar refractivity (Wildman–Crippen MR) is 145 cm³/mol. The maximum atomic E-state index is 13.3. The van der Waals surface area contributed by atoms with Gasteiger partial charge in [0.05, 0.1) is 31.2 Å². The maximum absolute atomic E-state index is 13.3. The fourth-order valence-corrected chi connectivity index (χ4v) is 4.49. The summed E-state index contributed by atoms with van der Waals surface area (Å²) in [7, 11) is 0. The highest BCUT2D eigenvalue weighted by Crippen LogP contribution is 2.40. The SMILES string of the molecule is CCCCOc1ccc(C2/C(=C(\O)c3cccc(OCCC)c3)C(=O)C(=O)N2CCCn2ccnc2)cc1. The van der Waals surface area contributed by atoms with E-state index in [1.807, 2.05) is 42.0 Å². The molecule has 1 saturated heterocycles. The number of carbonyl (C=O) groups is 2. The smallest absolute Gasteiger partial charge is 0.295 e. The molecular formula is C30H35N3O5. The Bertz CT molecular complexity index is 1250. The van der Waals surface area contributed by atoms with E-state index in [2.05, 4.69) is 11.9 Å². The van der Waals surface area contributed by atoms with Crippen molar-refractivity contribution in [1.29, 1.82) is 0 Å². The number of amides is 1. The zero-order valence-electron chi connectivity index (χ0n) is 22.0. The summed E-state index contributed by atoms with van der Waals surface area (Å²) in [6.45, 7) is 6.28. The van der Waals surface area contributed by atoms with Gasteiger partial charge in [0.1, 0.15) is 17.3 Å². The van der Waals surface area contributed by atoms with Gasteiger partial charge in [0.25, 0.3) is 11.7 Å². The molecule has 0 aliphatic carbocycles. The van der Waals surface area contributed by atoms with Gasteiger partial charge in [-0.2, -0.15) is 0 Å². The number of hydrogen-bond acceptors (Lipinski definition) is 6. The summed E-state index contributed by atoms with van der Waals surface area (Å²) >= 11 is 0. The molecule has 38 heavy (non-hydrogen) atoms. The van der Waals surface area contributed by atoms with Crippen molar-refractivity contribution in [3.8, 4) is 11.5 Å². The van der Waals surface area contributed by atoms with Gasteiger partial charge in [0.15, 0.2) is 0 Å². The fourth-order valence-electron chi connectivity index (χ4n) is 4.49. The number of unbranched alkanes of at least 4 members (excludes halogenated alkanes) is 1. The largest absolute Gasteiger partial charge is 0.507 e. The van der Waals surface area contributed by atoms with Crippen LogP contribution in [0.2, 0.25) is 0 Å². The molecule has 1 amide bonds. The van der Waals surface area contributed by atoms with Crippen molar-refractivity contribution in [1.82, 2.24) is 14.5 Å². The summed E-state index contributed by atoms with van der Waals surface area (Å²) in [5.41, 5.74) is 1.24. The van der Waals surface area contributed by atoms with E-state index in [4.69, 9.17) is 9.47 Å². The predicted octanol–water partition coefficient (Wildman–Crippen LogP) is 5.36. The topological polar surface area (TPSA) is 93.9 Å². The lowest BCUT2D eigenvalue weighted by molar-refractivity contribution is -0.139. The Balaban J connectivity index is 1.67. The van der Waals surface area contributed by atoms with Crippen LogP contribution in [0.15, 0.2) is 72.8 Å². The van der Waals surface area contributed by atoms with Crippen LogP contribution in [-0.2, 0) is 16.1 Å². The fraction of sp³-hybridized carbons (Fsp3) is 0.367. The Morgan fingerprint density at radius 2 is 1.74 bits per heavy atom. The molecule has 2 aromatic carbocycles. The molecule has 1 aliphatic rings. The van der Waals surface area contributed by atoms with Crippen molar-refractivity contribution in [3.05, 3.63) is 84.0 Å². The molecule has 1 N–H and O–H groups in total. The summed E-state index contributed by atoms with van der Waals surface area (Å²) in [6.07, 6.45) is 8.75. The third-order valence-electron chi connectivity index (χ3n) is 6.46. The van der Waals surface area contributed by atoms with Crippen LogP contribution in [0.1, 0.15) is 56.7 Å². The molecule has 8 nitrogen and oxygen atoms in total. The van der Waals surface area contributed by atoms with Crippen LogP contribution in [0.4, 0.5) is 0 Å². The first-order valence-electron chi connectivity index (χ1n) is 13.2.